The number of aromatic nitrogens is 3. The molecule has 1 unspecified atom stereocenters. The lowest BCUT2D eigenvalue weighted by Gasteiger charge is -2.29. The second kappa shape index (κ2) is 9.44. The van der Waals surface area contributed by atoms with Gasteiger partial charge in [0.05, 0.1) is 28.3 Å². The Morgan fingerprint density at radius 3 is 2.54 bits per heavy atom. The van der Waals surface area contributed by atoms with Crippen molar-refractivity contribution >= 4 is 40.7 Å². The van der Waals surface area contributed by atoms with E-state index in [1.54, 1.807) is 23.9 Å². The van der Waals surface area contributed by atoms with E-state index in [4.69, 9.17) is 38.0 Å². The first-order valence-electron chi connectivity index (χ1n) is 10.9. The van der Waals surface area contributed by atoms with Gasteiger partial charge in [0, 0.05) is 16.9 Å². The third-order valence-electron chi connectivity index (χ3n) is 5.75. The van der Waals surface area contributed by atoms with Crippen molar-refractivity contribution in [1.82, 2.24) is 14.8 Å². The maximum Gasteiger partial charge on any atom is 0.255 e. The van der Waals surface area contributed by atoms with Crippen LogP contribution in [0, 0.1) is 0 Å². The highest BCUT2D eigenvalue weighted by molar-refractivity contribution is 6.42. The summed E-state index contributed by atoms with van der Waals surface area (Å²) < 4.78 is 7.16. The van der Waals surface area contributed by atoms with E-state index in [-0.39, 0.29) is 5.91 Å². The van der Waals surface area contributed by atoms with Gasteiger partial charge in [-0.05, 0) is 37.3 Å². The number of halogens is 2. The molecule has 1 atom stereocenters. The lowest BCUT2D eigenvalue weighted by atomic mass is 9.95. The molecular formula is C26H21Cl2N5O2. The minimum absolute atomic E-state index is 0.290. The van der Waals surface area contributed by atoms with Crippen LogP contribution in [-0.2, 0) is 4.79 Å². The maximum absolute atomic E-state index is 13.6. The Hall–Kier alpha value is -3.81. The Balaban J connectivity index is 1.66. The lowest BCUT2D eigenvalue weighted by Crippen LogP contribution is -2.31. The molecule has 4 aromatic rings. The average Bonchev–Trinajstić information content (AvgIpc) is 3.29. The predicted octanol–water partition coefficient (Wildman–Crippen LogP) is 6.19. The van der Waals surface area contributed by atoms with E-state index in [9.17, 15) is 4.79 Å². The molecular weight excluding hydrogens is 485 g/mol. The molecule has 7 nitrogen and oxygen atoms in total. The summed E-state index contributed by atoms with van der Waals surface area (Å²) in [5.74, 6) is 1.27. The summed E-state index contributed by atoms with van der Waals surface area (Å²) in [7, 11) is 1.60. The molecule has 35 heavy (non-hydrogen) atoms. The van der Waals surface area contributed by atoms with E-state index < -0.39 is 6.04 Å². The molecule has 0 bridgehead atoms. The number of methoxy groups -OCH3 is 1. The molecule has 1 aromatic heterocycles. The van der Waals surface area contributed by atoms with Crippen LogP contribution >= 0.6 is 23.2 Å². The van der Waals surface area contributed by atoms with Crippen molar-refractivity contribution in [3.63, 3.8) is 0 Å². The molecule has 1 aliphatic heterocycles. The molecule has 2 heterocycles. The molecule has 2 N–H and O–H groups in total. The Kier molecular flexibility index (Phi) is 6.19. The van der Waals surface area contributed by atoms with Crippen LogP contribution in [0.2, 0.25) is 10.0 Å². The Bertz CT molecular complexity index is 1450. The molecule has 1 amide bonds. The molecule has 176 valence electrons. The predicted molar refractivity (Wildman–Crippen MR) is 138 cm³/mol. The van der Waals surface area contributed by atoms with Crippen LogP contribution in [0.3, 0.4) is 0 Å². The Labute approximate surface area is 212 Å². The van der Waals surface area contributed by atoms with Crippen molar-refractivity contribution in [3.8, 4) is 17.1 Å². The molecule has 0 fully saturated rings. The first-order valence-corrected chi connectivity index (χ1v) is 11.6. The number of amides is 1. The summed E-state index contributed by atoms with van der Waals surface area (Å²) in [5.41, 5.74) is 3.11. The zero-order valence-corrected chi connectivity index (χ0v) is 20.4. The van der Waals surface area contributed by atoms with E-state index >= 15 is 0 Å². The van der Waals surface area contributed by atoms with Gasteiger partial charge in [0.15, 0.2) is 5.82 Å². The van der Waals surface area contributed by atoms with Crippen LogP contribution < -0.4 is 15.4 Å². The standard InChI is InChI=1S/C26H21Cl2N5O2/c1-15-21(25(34)30-16-9-4-3-5-10-16)23(18-12-8-13-19(27)22(18)28)33-26(29-15)31-24(32-33)17-11-6-7-14-20(17)35-2/h3-14,23H,1-2H3,(H,30,34)(H,29,31,32). The minimum Gasteiger partial charge on any atom is -0.496 e. The lowest BCUT2D eigenvalue weighted by molar-refractivity contribution is -0.113. The summed E-state index contributed by atoms with van der Waals surface area (Å²) in [4.78, 5) is 18.3. The molecule has 0 radical (unpaired) electrons. The normalized spacial score (nSPS) is 14.8. The summed E-state index contributed by atoms with van der Waals surface area (Å²) in [6.07, 6.45) is 0. The number of hydrogen-bond acceptors (Lipinski definition) is 5. The highest BCUT2D eigenvalue weighted by Gasteiger charge is 2.36. The first kappa shape index (κ1) is 23.0. The summed E-state index contributed by atoms with van der Waals surface area (Å²) in [6, 6.07) is 21.4. The third kappa shape index (κ3) is 4.24. The SMILES string of the molecule is COc1ccccc1-c1nc2n(n1)C(c1cccc(Cl)c1Cl)C(C(=O)Nc1ccccc1)=C(C)N2. The molecule has 1 aliphatic rings. The number of ether oxygens (including phenoxy) is 1. The fourth-order valence-electron chi connectivity index (χ4n) is 4.13. The molecule has 5 rings (SSSR count). The van der Waals surface area contributed by atoms with Crippen LogP contribution in [0.4, 0.5) is 11.6 Å². The van der Waals surface area contributed by atoms with Gasteiger partial charge in [-0.2, -0.15) is 4.98 Å². The van der Waals surface area contributed by atoms with Crippen LogP contribution in [-0.4, -0.2) is 27.8 Å². The van der Waals surface area contributed by atoms with Crippen molar-refractivity contribution in [1.29, 1.82) is 0 Å². The Morgan fingerprint density at radius 2 is 1.77 bits per heavy atom. The molecule has 0 spiro atoms. The number of anilines is 2. The number of rotatable bonds is 5. The Morgan fingerprint density at radius 1 is 1.03 bits per heavy atom. The first-order chi connectivity index (χ1) is 17.0. The van der Waals surface area contributed by atoms with Crippen molar-refractivity contribution in [2.45, 2.75) is 13.0 Å². The number of nitrogens with zero attached hydrogens (tertiary/aromatic N) is 3. The van der Waals surface area contributed by atoms with Crippen LogP contribution in [0.5, 0.6) is 5.75 Å². The van der Waals surface area contributed by atoms with Gasteiger partial charge in [-0.15, -0.1) is 5.10 Å². The zero-order chi connectivity index (χ0) is 24.5. The van der Waals surface area contributed by atoms with Crippen LogP contribution in [0.1, 0.15) is 18.5 Å². The summed E-state index contributed by atoms with van der Waals surface area (Å²) in [5, 5.41) is 11.7. The molecule has 0 saturated heterocycles. The highest BCUT2D eigenvalue weighted by Crippen LogP contribution is 2.41. The highest BCUT2D eigenvalue weighted by atomic mass is 35.5. The van der Waals surface area contributed by atoms with Gasteiger partial charge in [-0.3, -0.25) is 4.79 Å². The minimum atomic E-state index is -0.669. The van der Waals surface area contributed by atoms with Crippen LogP contribution in [0.25, 0.3) is 11.4 Å². The van der Waals surface area contributed by atoms with Gasteiger partial charge in [-0.25, -0.2) is 4.68 Å². The van der Waals surface area contributed by atoms with Gasteiger partial charge >= 0.3 is 0 Å². The van der Waals surface area contributed by atoms with E-state index in [2.05, 4.69) is 10.6 Å². The second-order valence-electron chi connectivity index (χ2n) is 7.93. The van der Waals surface area contributed by atoms with Crippen molar-refractivity contribution < 1.29 is 9.53 Å². The van der Waals surface area contributed by atoms with Crippen molar-refractivity contribution in [2.24, 2.45) is 0 Å². The number of hydrogen-bond donors (Lipinski definition) is 2. The molecule has 3 aromatic carbocycles. The molecule has 0 saturated carbocycles. The smallest absolute Gasteiger partial charge is 0.255 e. The largest absolute Gasteiger partial charge is 0.496 e. The maximum atomic E-state index is 13.6. The molecule has 0 aliphatic carbocycles. The number of allylic oxidation sites excluding steroid dienone is 1. The van der Waals surface area contributed by atoms with Crippen LogP contribution in [0.15, 0.2) is 84.1 Å². The van der Waals surface area contributed by atoms with Crippen molar-refractivity contribution in [2.75, 3.05) is 17.7 Å². The number of nitrogens with one attached hydrogen (secondary N) is 2. The van der Waals surface area contributed by atoms with Gasteiger partial charge in [0.2, 0.25) is 5.95 Å². The number of benzene rings is 3. The van der Waals surface area contributed by atoms with Gasteiger partial charge in [-0.1, -0.05) is 65.7 Å². The third-order valence-corrected chi connectivity index (χ3v) is 6.59. The number of carbonyl (C=O) groups excluding carboxylic acids is 1. The van der Waals surface area contributed by atoms with Gasteiger partial charge in [0.1, 0.15) is 11.8 Å². The van der Waals surface area contributed by atoms with Gasteiger partial charge in [0.25, 0.3) is 5.91 Å². The van der Waals surface area contributed by atoms with E-state index in [0.29, 0.717) is 50.1 Å². The fourth-order valence-corrected chi connectivity index (χ4v) is 4.54. The zero-order valence-electron chi connectivity index (χ0n) is 18.9. The summed E-state index contributed by atoms with van der Waals surface area (Å²) >= 11 is 13.0. The van der Waals surface area contributed by atoms with Crippen molar-refractivity contribution in [3.05, 3.63) is 99.7 Å². The number of para-hydroxylation sites is 2. The average molecular weight is 506 g/mol. The van der Waals surface area contributed by atoms with E-state index in [1.165, 1.54) is 0 Å². The second-order valence-corrected chi connectivity index (χ2v) is 8.72. The number of carbonyl (C=O) groups is 1. The topological polar surface area (TPSA) is 81.1 Å². The number of fused-ring (bicyclic) bond motifs is 1. The molecule has 9 heteroatoms. The quantitative estimate of drug-likeness (QED) is 0.338. The van der Waals surface area contributed by atoms with E-state index in [1.807, 2.05) is 67.6 Å². The summed E-state index contributed by atoms with van der Waals surface area (Å²) in [6.45, 7) is 1.83. The van der Waals surface area contributed by atoms with E-state index in [0.717, 1.165) is 5.56 Å². The monoisotopic (exact) mass is 505 g/mol. The van der Waals surface area contributed by atoms with Gasteiger partial charge < -0.3 is 15.4 Å². The fraction of sp³-hybridized carbons (Fsp3) is 0.115.